The number of likely N-dealkylation sites (N-methyl/N-ethyl adjacent to an activating group) is 1. The molecule has 0 atom stereocenters. The van der Waals surface area contributed by atoms with Crippen LogP contribution in [0, 0.1) is 0 Å². The molecule has 1 rings (SSSR count). The molecule has 1 aromatic rings. The Kier molecular flexibility index (Phi) is 6.00. The highest BCUT2D eigenvalue weighted by molar-refractivity contribution is 5.69. The number of para-hydroxylation sites is 2. The second-order valence-electron chi connectivity index (χ2n) is 3.76. The first kappa shape index (κ1) is 14.3. The van der Waals surface area contributed by atoms with Crippen LogP contribution in [0.2, 0.25) is 0 Å². The fourth-order valence-corrected chi connectivity index (χ4v) is 1.56. The zero-order chi connectivity index (χ0) is 13.4. The maximum atomic E-state index is 10.6. The average molecular weight is 253 g/mol. The predicted octanol–water partition coefficient (Wildman–Crippen LogP) is 1.48. The van der Waals surface area contributed by atoms with E-state index in [2.05, 4.69) is 0 Å². The van der Waals surface area contributed by atoms with E-state index < -0.39 is 5.97 Å². The molecule has 5 nitrogen and oxygen atoms in total. The van der Waals surface area contributed by atoms with Crippen molar-refractivity contribution in [3.63, 3.8) is 0 Å². The third-order valence-corrected chi connectivity index (χ3v) is 2.54. The number of aliphatic carboxylic acids is 1. The van der Waals surface area contributed by atoms with Crippen LogP contribution in [-0.2, 0) is 4.79 Å². The van der Waals surface area contributed by atoms with Gasteiger partial charge in [-0.15, -0.1) is 0 Å². The zero-order valence-corrected chi connectivity index (χ0v) is 10.8. The van der Waals surface area contributed by atoms with Gasteiger partial charge in [-0.2, -0.15) is 0 Å². The lowest BCUT2D eigenvalue weighted by Crippen LogP contribution is -2.33. The average Bonchev–Trinajstić information content (AvgIpc) is 2.37. The zero-order valence-electron chi connectivity index (χ0n) is 10.8. The highest BCUT2D eigenvalue weighted by Gasteiger charge is 2.08. The Morgan fingerprint density at radius 1 is 1.33 bits per heavy atom. The fraction of sp³-hybridized carbons (Fsp3) is 0.462. The number of carboxylic acid groups (broad SMARTS) is 1. The number of rotatable bonds is 8. The molecule has 0 aliphatic carbocycles. The maximum Gasteiger partial charge on any atom is 0.317 e. The molecule has 0 aromatic heterocycles. The molecular formula is C13H19NO4. The molecule has 0 amide bonds. The molecule has 18 heavy (non-hydrogen) atoms. The molecule has 1 N–H and O–H groups in total. The minimum Gasteiger partial charge on any atom is -0.493 e. The summed E-state index contributed by atoms with van der Waals surface area (Å²) >= 11 is 0. The standard InChI is InChI=1S/C13H19NO4/c1-3-14(10-13(15)16)8-9-18-12-7-5-4-6-11(12)17-2/h4-7H,3,8-10H2,1-2H3,(H,15,16). The van der Waals surface area contributed by atoms with Crippen molar-refractivity contribution >= 4 is 5.97 Å². The Morgan fingerprint density at radius 3 is 2.56 bits per heavy atom. The number of ether oxygens (including phenoxy) is 2. The van der Waals surface area contributed by atoms with Gasteiger partial charge in [-0.05, 0) is 18.7 Å². The van der Waals surface area contributed by atoms with Gasteiger partial charge in [-0.1, -0.05) is 19.1 Å². The SMILES string of the molecule is CCN(CCOc1ccccc1OC)CC(=O)O. The van der Waals surface area contributed by atoms with Gasteiger partial charge in [0.1, 0.15) is 6.61 Å². The van der Waals surface area contributed by atoms with Crippen molar-refractivity contribution in [2.45, 2.75) is 6.92 Å². The molecule has 0 spiro atoms. The van der Waals surface area contributed by atoms with Crippen molar-refractivity contribution in [2.24, 2.45) is 0 Å². The predicted molar refractivity (Wildman–Crippen MR) is 68.2 cm³/mol. The van der Waals surface area contributed by atoms with Crippen molar-refractivity contribution in [3.05, 3.63) is 24.3 Å². The number of hydrogen-bond donors (Lipinski definition) is 1. The van der Waals surface area contributed by atoms with Crippen molar-refractivity contribution in [3.8, 4) is 11.5 Å². The van der Waals surface area contributed by atoms with Gasteiger partial charge in [0.25, 0.3) is 0 Å². The van der Waals surface area contributed by atoms with E-state index in [1.54, 1.807) is 12.0 Å². The first-order valence-corrected chi connectivity index (χ1v) is 5.87. The van der Waals surface area contributed by atoms with Crippen molar-refractivity contribution in [1.82, 2.24) is 4.90 Å². The van der Waals surface area contributed by atoms with Crippen LogP contribution in [0.1, 0.15) is 6.92 Å². The van der Waals surface area contributed by atoms with Crippen LogP contribution in [0.25, 0.3) is 0 Å². The maximum absolute atomic E-state index is 10.6. The number of hydrogen-bond acceptors (Lipinski definition) is 4. The summed E-state index contributed by atoms with van der Waals surface area (Å²) in [6.07, 6.45) is 0. The summed E-state index contributed by atoms with van der Waals surface area (Å²) in [7, 11) is 1.59. The van der Waals surface area contributed by atoms with E-state index >= 15 is 0 Å². The molecule has 0 radical (unpaired) electrons. The van der Waals surface area contributed by atoms with Crippen molar-refractivity contribution in [1.29, 1.82) is 0 Å². The minimum atomic E-state index is -0.825. The van der Waals surface area contributed by atoms with E-state index in [1.807, 2.05) is 31.2 Å². The van der Waals surface area contributed by atoms with Gasteiger partial charge in [0.2, 0.25) is 0 Å². The molecule has 100 valence electrons. The van der Waals surface area contributed by atoms with Gasteiger partial charge in [-0.3, -0.25) is 9.69 Å². The molecule has 0 saturated heterocycles. The van der Waals surface area contributed by atoms with Crippen LogP contribution in [0.15, 0.2) is 24.3 Å². The van der Waals surface area contributed by atoms with E-state index in [4.69, 9.17) is 14.6 Å². The van der Waals surface area contributed by atoms with Crippen LogP contribution >= 0.6 is 0 Å². The number of carbonyl (C=O) groups is 1. The Hall–Kier alpha value is -1.75. The van der Waals surface area contributed by atoms with Crippen LogP contribution in [-0.4, -0.2) is 49.3 Å². The van der Waals surface area contributed by atoms with Gasteiger partial charge in [-0.25, -0.2) is 0 Å². The number of carboxylic acids is 1. The summed E-state index contributed by atoms with van der Waals surface area (Å²) < 4.78 is 10.7. The first-order chi connectivity index (χ1) is 8.67. The molecule has 0 saturated carbocycles. The van der Waals surface area contributed by atoms with Crippen LogP contribution in [0.3, 0.4) is 0 Å². The Morgan fingerprint density at radius 2 is 2.00 bits per heavy atom. The fourth-order valence-electron chi connectivity index (χ4n) is 1.56. The number of benzene rings is 1. The highest BCUT2D eigenvalue weighted by atomic mass is 16.5. The Balaban J connectivity index is 2.42. The van der Waals surface area contributed by atoms with E-state index in [0.717, 1.165) is 0 Å². The van der Waals surface area contributed by atoms with Gasteiger partial charge in [0.05, 0.1) is 13.7 Å². The monoisotopic (exact) mass is 253 g/mol. The van der Waals surface area contributed by atoms with Gasteiger partial charge in [0.15, 0.2) is 11.5 Å². The molecule has 0 bridgehead atoms. The van der Waals surface area contributed by atoms with Crippen LogP contribution in [0.5, 0.6) is 11.5 Å². The summed E-state index contributed by atoms with van der Waals surface area (Å²) in [6.45, 7) is 3.64. The van der Waals surface area contributed by atoms with Crippen molar-refractivity contribution < 1.29 is 19.4 Å². The van der Waals surface area contributed by atoms with Gasteiger partial charge >= 0.3 is 5.97 Å². The largest absolute Gasteiger partial charge is 0.493 e. The van der Waals surface area contributed by atoms with E-state index in [0.29, 0.717) is 31.2 Å². The summed E-state index contributed by atoms with van der Waals surface area (Å²) in [5.74, 6) is 0.527. The lowest BCUT2D eigenvalue weighted by molar-refractivity contribution is -0.138. The van der Waals surface area contributed by atoms with E-state index in [-0.39, 0.29) is 6.54 Å². The second-order valence-corrected chi connectivity index (χ2v) is 3.76. The number of methoxy groups -OCH3 is 1. The second kappa shape index (κ2) is 7.55. The number of nitrogens with zero attached hydrogens (tertiary/aromatic N) is 1. The van der Waals surface area contributed by atoms with E-state index in [9.17, 15) is 4.79 Å². The summed E-state index contributed by atoms with van der Waals surface area (Å²) in [5.41, 5.74) is 0. The molecule has 0 unspecified atom stereocenters. The van der Waals surface area contributed by atoms with Gasteiger partial charge in [0, 0.05) is 6.54 Å². The van der Waals surface area contributed by atoms with Crippen LogP contribution in [0.4, 0.5) is 0 Å². The molecule has 0 aliphatic rings. The van der Waals surface area contributed by atoms with E-state index in [1.165, 1.54) is 0 Å². The molecule has 0 aliphatic heterocycles. The Bertz CT molecular complexity index is 381. The van der Waals surface area contributed by atoms with Crippen molar-refractivity contribution in [2.75, 3.05) is 33.4 Å². The third kappa shape index (κ3) is 4.63. The lowest BCUT2D eigenvalue weighted by Gasteiger charge is -2.18. The smallest absolute Gasteiger partial charge is 0.317 e. The van der Waals surface area contributed by atoms with Crippen LogP contribution < -0.4 is 9.47 Å². The summed E-state index contributed by atoms with van der Waals surface area (Å²) in [6, 6.07) is 7.39. The molecular weight excluding hydrogens is 234 g/mol. The highest BCUT2D eigenvalue weighted by Crippen LogP contribution is 2.25. The summed E-state index contributed by atoms with van der Waals surface area (Å²) in [4.78, 5) is 12.4. The minimum absolute atomic E-state index is 0.0335. The van der Waals surface area contributed by atoms with Gasteiger partial charge < -0.3 is 14.6 Å². The Labute approximate surface area is 107 Å². The topological polar surface area (TPSA) is 59.0 Å². The first-order valence-electron chi connectivity index (χ1n) is 5.87. The quantitative estimate of drug-likeness (QED) is 0.760. The normalized spacial score (nSPS) is 10.4. The summed E-state index contributed by atoms with van der Waals surface area (Å²) in [5, 5.41) is 8.71. The molecule has 5 heteroatoms. The lowest BCUT2D eigenvalue weighted by atomic mass is 10.3. The molecule has 0 fully saturated rings. The molecule has 0 heterocycles. The molecule has 1 aromatic carbocycles. The third-order valence-electron chi connectivity index (χ3n) is 2.54.